The first-order chi connectivity index (χ1) is 18.3. The van der Waals surface area contributed by atoms with Crippen molar-refractivity contribution in [3.05, 3.63) is 99.6 Å². The summed E-state index contributed by atoms with van der Waals surface area (Å²) >= 11 is 6.32. The molecule has 200 valence electrons. The number of halogens is 1. The molecule has 0 aromatic heterocycles. The van der Waals surface area contributed by atoms with Crippen LogP contribution < -0.4 is 10.1 Å². The number of amides is 2. The minimum atomic E-state index is -0.664. The van der Waals surface area contributed by atoms with E-state index in [4.69, 9.17) is 16.3 Å². The van der Waals surface area contributed by atoms with Crippen LogP contribution in [0.1, 0.15) is 53.5 Å². The topological polar surface area (TPSA) is 58.6 Å². The van der Waals surface area contributed by atoms with E-state index in [1.165, 1.54) is 0 Å². The molecule has 0 radical (unpaired) electrons. The van der Waals surface area contributed by atoms with E-state index in [2.05, 4.69) is 5.32 Å². The van der Waals surface area contributed by atoms with Crippen LogP contribution in [-0.4, -0.2) is 35.4 Å². The van der Waals surface area contributed by atoms with Gasteiger partial charge in [-0.15, -0.1) is 0 Å². The first-order valence-electron chi connectivity index (χ1n) is 13.4. The lowest BCUT2D eigenvalue weighted by Gasteiger charge is -2.32. The number of hydrogen-bond donors (Lipinski definition) is 1. The molecular formula is C32H37ClN2O3. The summed E-state index contributed by atoms with van der Waals surface area (Å²) in [5.41, 5.74) is 4.87. The van der Waals surface area contributed by atoms with Gasteiger partial charge in [0.15, 0.2) is 6.61 Å². The molecule has 0 unspecified atom stereocenters. The number of benzene rings is 3. The maximum absolute atomic E-state index is 13.8. The molecule has 1 atom stereocenters. The summed E-state index contributed by atoms with van der Waals surface area (Å²) in [6.07, 6.45) is 4.62. The zero-order valence-electron chi connectivity index (χ0n) is 22.5. The van der Waals surface area contributed by atoms with Gasteiger partial charge in [-0.25, -0.2) is 0 Å². The van der Waals surface area contributed by atoms with Gasteiger partial charge >= 0.3 is 0 Å². The highest BCUT2D eigenvalue weighted by Gasteiger charge is 2.32. The Morgan fingerprint density at radius 3 is 2.24 bits per heavy atom. The number of nitrogens with zero attached hydrogens (tertiary/aromatic N) is 1. The van der Waals surface area contributed by atoms with Crippen molar-refractivity contribution < 1.29 is 14.3 Å². The number of rotatable bonds is 10. The minimum Gasteiger partial charge on any atom is -0.484 e. The fourth-order valence-electron chi connectivity index (χ4n) is 5.11. The highest BCUT2D eigenvalue weighted by atomic mass is 35.5. The molecule has 3 aromatic rings. The maximum Gasteiger partial charge on any atom is 0.261 e. The number of hydrogen-bond acceptors (Lipinski definition) is 3. The zero-order chi connectivity index (χ0) is 27.1. The molecule has 38 heavy (non-hydrogen) atoms. The van der Waals surface area contributed by atoms with Crippen LogP contribution in [-0.2, 0) is 22.6 Å². The average molecular weight is 533 g/mol. The second-order valence-corrected chi connectivity index (χ2v) is 10.7. The summed E-state index contributed by atoms with van der Waals surface area (Å²) in [6.45, 7) is 6.01. The van der Waals surface area contributed by atoms with Crippen molar-refractivity contribution in [3.63, 3.8) is 0 Å². The third-order valence-corrected chi connectivity index (χ3v) is 7.94. The van der Waals surface area contributed by atoms with Gasteiger partial charge in [0.2, 0.25) is 5.91 Å². The molecule has 0 saturated heterocycles. The molecular weight excluding hydrogens is 496 g/mol. The Hall–Kier alpha value is -3.31. The fourth-order valence-corrected chi connectivity index (χ4v) is 5.22. The van der Waals surface area contributed by atoms with E-state index in [0.29, 0.717) is 23.7 Å². The van der Waals surface area contributed by atoms with E-state index >= 15 is 0 Å². The average Bonchev–Trinajstić information content (AvgIpc) is 3.42. The van der Waals surface area contributed by atoms with Gasteiger partial charge in [0, 0.05) is 24.0 Å². The third kappa shape index (κ3) is 7.16. The summed E-state index contributed by atoms with van der Waals surface area (Å²) < 4.78 is 5.97. The largest absolute Gasteiger partial charge is 0.484 e. The minimum absolute atomic E-state index is 0.110. The smallest absolute Gasteiger partial charge is 0.261 e. The number of aryl methyl sites for hydroxylation is 3. The standard InChI is InChI=1S/C32H37ClN2O3/c1-22-11-7-8-14-26(22)20-35(30(36)21-38-28-17-23(2)31(33)24(3)18-28)29(19-25-12-5-4-6-13-25)32(37)34-27-15-9-10-16-27/h4-8,11-14,17-18,27,29H,9-10,15-16,19-21H2,1-3H3,(H,34,37)/t29-/m1/s1. The molecule has 1 aliphatic carbocycles. The predicted octanol–water partition coefficient (Wildman–Crippen LogP) is 6.34. The van der Waals surface area contributed by atoms with Crippen LogP contribution in [0.15, 0.2) is 66.7 Å². The van der Waals surface area contributed by atoms with Crippen LogP contribution in [0.5, 0.6) is 5.75 Å². The molecule has 6 heteroatoms. The van der Waals surface area contributed by atoms with E-state index in [9.17, 15) is 9.59 Å². The van der Waals surface area contributed by atoms with E-state index in [1.807, 2.05) is 87.5 Å². The SMILES string of the molecule is Cc1ccccc1CN(C(=O)COc1cc(C)c(Cl)c(C)c1)[C@H](Cc1ccccc1)C(=O)NC1CCCC1. The molecule has 4 rings (SSSR count). The molecule has 0 aliphatic heterocycles. The molecule has 0 spiro atoms. The first-order valence-corrected chi connectivity index (χ1v) is 13.8. The van der Waals surface area contributed by atoms with Gasteiger partial charge in [-0.1, -0.05) is 79.0 Å². The Kier molecular flexibility index (Phi) is 9.46. The molecule has 1 saturated carbocycles. The highest BCUT2D eigenvalue weighted by Crippen LogP contribution is 2.26. The molecule has 0 heterocycles. The summed E-state index contributed by atoms with van der Waals surface area (Å²) in [6, 6.07) is 21.0. The Morgan fingerprint density at radius 1 is 0.947 bits per heavy atom. The van der Waals surface area contributed by atoms with Gasteiger partial charge in [0.05, 0.1) is 0 Å². The van der Waals surface area contributed by atoms with Crippen LogP contribution in [0, 0.1) is 20.8 Å². The van der Waals surface area contributed by atoms with E-state index in [-0.39, 0.29) is 24.5 Å². The summed E-state index contributed by atoms with van der Waals surface area (Å²) in [4.78, 5) is 29.3. The first kappa shape index (κ1) is 27.7. The Labute approximate surface area is 231 Å². The van der Waals surface area contributed by atoms with Crippen molar-refractivity contribution in [3.8, 4) is 5.75 Å². The van der Waals surface area contributed by atoms with E-state index in [1.54, 1.807) is 4.90 Å². The van der Waals surface area contributed by atoms with Crippen molar-refractivity contribution in [1.29, 1.82) is 0 Å². The fraction of sp³-hybridized carbons (Fsp3) is 0.375. The lowest BCUT2D eigenvalue weighted by Crippen LogP contribution is -2.53. The zero-order valence-corrected chi connectivity index (χ0v) is 23.3. The second-order valence-electron chi connectivity index (χ2n) is 10.3. The number of carbonyl (C=O) groups is 2. The van der Waals surface area contributed by atoms with Crippen LogP contribution in [0.25, 0.3) is 0 Å². The van der Waals surface area contributed by atoms with E-state index in [0.717, 1.165) is 53.5 Å². The lowest BCUT2D eigenvalue weighted by molar-refractivity contribution is -0.143. The maximum atomic E-state index is 13.8. The van der Waals surface area contributed by atoms with Gasteiger partial charge < -0.3 is 15.0 Å². The summed E-state index contributed by atoms with van der Waals surface area (Å²) in [7, 11) is 0. The van der Waals surface area contributed by atoms with Crippen LogP contribution in [0.3, 0.4) is 0 Å². The highest BCUT2D eigenvalue weighted by molar-refractivity contribution is 6.32. The predicted molar refractivity (Wildman–Crippen MR) is 152 cm³/mol. The number of nitrogens with one attached hydrogen (secondary N) is 1. The van der Waals surface area contributed by atoms with Gasteiger partial charge in [-0.2, -0.15) is 0 Å². The third-order valence-electron chi connectivity index (χ3n) is 7.35. The van der Waals surface area contributed by atoms with Gasteiger partial charge in [0.25, 0.3) is 5.91 Å². The van der Waals surface area contributed by atoms with Crippen molar-refractivity contribution in [2.45, 2.75) is 71.5 Å². The van der Waals surface area contributed by atoms with E-state index < -0.39 is 6.04 Å². The second kappa shape index (κ2) is 13.0. The molecule has 1 N–H and O–H groups in total. The van der Waals surface area contributed by atoms with Gasteiger partial charge in [-0.3, -0.25) is 9.59 Å². The van der Waals surface area contributed by atoms with Gasteiger partial charge in [0.1, 0.15) is 11.8 Å². The van der Waals surface area contributed by atoms with Crippen LogP contribution >= 0.6 is 11.6 Å². The summed E-state index contributed by atoms with van der Waals surface area (Å²) in [5.74, 6) is 0.241. The summed E-state index contributed by atoms with van der Waals surface area (Å²) in [5, 5.41) is 3.93. The van der Waals surface area contributed by atoms with Crippen molar-refractivity contribution in [1.82, 2.24) is 10.2 Å². The molecule has 0 bridgehead atoms. The molecule has 5 nitrogen and oxygen atoms in total. The van der Waals surface area contributed by atoms with Crippen LogP contribution in [0.4, 0.5) is 0 Å². The molecule has 2 amide bonds. The molecule has 1 aliphatic rings. The van der Waals surface area contributed by atoms with Crippen molar-refractivity contribution >= 4 is 23.4 Å². The Bertz CT molecular complexity index is 1230. The Balaban J connectivity index is 1.63. The quantitative estimate of drug-likeness (QED) is 0.331. The number of ether oxygens (including phenoxy) is 1. The monoisotopic (exact) mass is 532 g/mol. The van der Waals surface area contributed by atoms with Crippen molar-refractivity contribution in [2.24, 2.45) is 0 Å². The number of carbonyl (C=O) groups excluding carboxylic acids is 2. The van der Waals surface area contributed by atoms with Gasteiger partial charge in [-0.05, 0) is 73.6 Å². The lowest BCUT2D eigenvalue weighted by atomic mass is 10.0. The Morgan fingerprint density at radius 2 is 1.58 bits per heavy atom. The molecule has 1 fully saturated rings. The van der Waals surface area contributed by atoms with Crippen LogP contribution in [0.2, 0.25) is 5.02 Å². The van der Waals surface area contributed by atoms with Crippen molar-refractivity contribution in [2.75, 3.05) is 6.61 Å². The molecule has 3 aromatic carbocycles. The normalized spacial score (nSPS) is 14.2.